The molecule has 8 heteroatoms. The van der Waals surface area contributed by atoms with Crippen molar-refractivity contribution in [1.82, 2.24) is 20.5 Å². The van der Waals surface area contributed by atoms with E-state index in [1.54, 1.807) is 12.1 Å². The van der Waals surface area contributed by atoms with Crippen molar-refractivity contribution in [2.24, 2.45) is 17.8 Å². The molecule has 1 aromatic heterocycles. The van der Waals surface area contributed by atoms with Crippen LogP contribution in [0.4, 0.5) is 0 Å². The Hall–Kier alpha value is -2.42. The molecule has 1 amide bonds. The molecular weight excluding hydrogens is 468 g/mol. The van der Waals surface area contributed by atoms with Crippen molar-refractivity contribution in [3.8, 4) is 5.75 Å². The molecule has 4 aliphatic carbocycles. The van der Waals surface area contributed by atoms with E-state index in [9.17, 15) is 19.8 Å². The van der Waals surface area contributed by atoms with E-state index in [1.165, 1.54) is 50.7 Å². The number of likely N-dealkylation sites (tertiary alicyclic amines) is 1. The number of aromatic hydroxyl groups is 1. The summed E-state index contributed by atoms with van der Waals surface area (Å²) in [5.74, 6) is 2.75. The number of phenolic OH excluding ortho intramolecular Hbond substituents is 1. The van der Waals surface area contributed by atoms with E-state index < -0.39 is 6.10 Å². The minimum absolute atomic E-state index is 0.00408. The summed E-state index contributed by atoms with van der Waals surface area (Å²) in [4.78, 5) is 29.5. The molecule has 5 N–H and O–H groups in total. The van der Waals surface area contributed by atoms with Gasteiger partial charge in [-0.3, -0.25) is 9.59 Å². The fourth-order valence-electron chi connectivity index (χ4n) is 8.18. The number of nitrogens with zero attached hydrogens (tertiary/aromatic N) is 1. The molecule has 1 aromatic carbocycles. The predicted molar refractivity (Wildman–Crippen MR) is 142 cm³/mol. The summed E-state index contributed by atoms with van der Waals surface area (Å²) in [5.41, 5.74) is 0.843. The van der Waals surface area contributed by atoms with Gasteiger partial charge in [-0.2, -0.15) is 0 Å². The fraction of sp³-hybridized carbons (Fsp3) is 0.655. The molecule has 4 saturated carbocycles. The highest BCUT2D eigenvalue weighted by Crippen LogP contribution is 2.55. The van der Waals surface area contributed by atoms with E-state index in [-0.39, 0.29) is 22.8 Å². The number of pyridine rings is 1. The Bertz CT molecular complexity index is 1170. The predicted octanol–water partition coefficient (Wildman–Crippen LogP) is 2.80. The molecule has 2 heterocycles. The first-order chi connectivity index (χ1) is 17.9. The van der Waals surface area contributed by atoms with E-state index in [2.05, 4.69) is 20.5 Å². The van der Waals surface area contributed by atoms with Gasteiger partial charge in [0, 0.05) is 42.5 Å². The maximum absolute atomic E-state index is 12.9. The fourth-order valence-corrected chi connectivity index (χ4v) is 8.18. The molecule has 2 aromatic rings. The first-order valence-electron chi connectivity index (χ1n) is 14.2. The van der Waals surface area contributed by atoms with Crippen molar-refractivity contribution < 1.29 is 15.0 Å². The average molecular weight is 509 g/mol. The van der Waals surface area contributed by atoms with Crippen LogP contribution >= 0.6 is 0 Å². The molecule has 0 spiro atoms. The lowest BCUT2D eigenvalue weighted by molar-refractivity contribution is -0.127. The highest BCUT2D eigenvalue weighted by molar-refractivity contribution is 5.87. The van der Waals surface area contributed by atoms with Crippen LogP contribution in [0.15, 0.2) is 29.1 Å². The molecule has 8 nitrogen and oxygen atoms in total. The van der Waals surface area contributed by atoms with Crippen molar-refractivity contribution in [1.29, 1.82) is 0 Å². The maximum atomic E-state index is 12.9. The lowest BCUT2D eigenvalue weighted by Crippen LogP contribution is -2.60. The Balaban J connectivity index is 0.944. The number of hydrogen-bond acceptors (Lipinski definition) is 6. The average Bonchev–Trinajstić information content (AvgIpc) is 2.86. The number of aromatic amines is 1. The number of fused-ring (bicyclic) bond motifs is 1. The van der Waals surface area contributed by atoms with Gasteiger partial charge in [0.1, 0.15) is 5.75 Å². The van der Waals surface area contributed by atoms with Crippen molar-refractivity contribution in [3.05, 3.63) is 40.2 Å². The molecule has 7 rings (SSSR count). The minimum atomic E-state index is -0.750. The van der Waals surface area contributed by atoms with Crippen molar-refractivity contribution in [2.75, 3.05) is 26.2 Å². The SMILES string of the molecule is O=C(CCN1CCC(NC[C@@H](O)c2ccc(O)c3[nH]c(=O)ccc23)CC1)NC12CC3CC(CC(C3)C1)C2. The Labute approximate surface area is 217 Å². The molecule has 1 saturated heterocycles. The number of benzene rings is 1. The highest BCUT2D eigenvalue weighted by Gasteiger charge is 2.51. The summed E-state index contributed by atoms with van der Waals surface area (Å²) in [6.07, 6.45) is 9.56. The van der Waals surface area contributed by atoms with Crippen LogP contribution in [0.3, 0.4) is 0 Å². The molecule has 4 bridgehead atoms. The number of aliphatic hydroxyl groups excluding tert-OH is 1. The summed E-state index contributed by atoms with van der Waals surface area (Å²) < 4.78 is 0. The lowest BCUT2D eigenvalue weighted by atomic mass is 9.53. The topological polar surface area (TPSA) is 118 Å². The number of phenols is 1. The lowest BCUT2D eigenvalue weighted by Gasteiger charge is -2.57. The zero-order valence-electron chi connectivity index (χ0n) is 21.5. The highest BCUT2D eigenvalue weighted by atomic mass is 16.3. The third kappa shape index (κ3) is 5.29. The van der Waals surface area contributed by atoms with E-state index in [0.717, 1.165) is 50.2 Å². The second kappa shape index (κ2) is 10.0. The van der Waals surface area contributed by atoms with Gasteiger partial charge in [0.2, 0.25) is 11.5 Å². The second-order valence-corrected chi connectivity index (χ2v) is 12.3. The zero-order chi connectivity index (χ0) is 25.6. The largest absolute Gasteiger partial charge is 0.506 e. The van der Waals surface area contributed by atoms with E-state index in [4.69, 9.17) is 0 Å². The summed E-state index contributed by atoms with van der Waals surface area (Å²) in [5, 5.41) is 28.5. The van der Waals surface area contributed by atoms with Gasteiger partial charge in [-0.15, -0.1) is 0 Å². The van der Waals surface area contributed by atoms with Crippen molar-refractivity contribution in [3.63, 3.8) is 0 Å². The molecule has 0 radical (unpaired) electrons. The van der Waals surface area contributed by atoms with E-state index in [1.807, 2.05) is 0 Å². The normalized spacial score (nSPS) is 30.6. The number of aliphatic hydroxyl groups is 1. The first kappa shape index (κ1) is 24.9. The monoisotopic (exact) mass is 508 g/mol. The van der Waals surface area contributed by atoms with Gasteiger partial charge >= 0.3 is 0 Å². The zero-order valence-corrected chi connectivity index (χ0v) is 21.5. The minimum Gasteiger partial charge on any atom is -0.506 e. The molecule has 200 valence electrons. The molecule has 1 atom stereocenters. The number of carbonyl (C=O) groups excluding carboxylic acids is 1. The van der Waals surface area contributed by atoms with Crippen LogP contribution in [0.5, 0.6) is 5.75 Å². The number of piperidine rings is 1. The van der Waals surface area contributed by atoms with Gasteiger partial charge in [-0.1, -0.05) is 6.07 Å². The third-order valence-electron chi connectivity index (χ3n) is 9.55. The molecule has 5 aliphatic rings. The second-order valence-electron chi connectivity index (χ2n) is 12.3. The van der Waals surface area contributed by atoms with Gasteiger partial charge in [0.15, 0.2) is 0 Å². The van der Waals surface area contributed by atoms with Crippen LogP contribution in [0.1, 0.15) is 69.5 Å². The van der Waals surface area contributed by atoms with Gasteiger partial charge in [-0.05, 0) is 99.9 Å². The maximum Gasteiger partial charge on any atom is 0.248 e. The Morgan fingerprint density at radius 3 is 2.41 bits per heavy atom. The van der Waals surface area contributed by atoms with Crippen molar-refractivity contribution in [2.45, 2.75) is 75.5 Å². The Morgan fingerprint density at radius 2 is 1.73 bits per heavy atom. The van der Waals surface area contributed by atoms with E-state index >= 15 is 0 Å². The van der Waals surface area contributed by atoms with Gasteiger partial charge in [-0.25, -0.2) is 0 Å². The quantitative estimate of drug-likeness (QED) is 0.374. The Morgan fingerprint density at radius 1 is 1.05 bits per heavy atom. The number of carbonyl (C=O) groups is 1. The number of rotatable bonds is 8. The van der Waals surface area contributed by atoms with Gasteiger partial charge in [0.05, 0.1) is 11.6 Å². The molecule has 37 heavy (non-hydrogen) atoms. The van der Waals surface area contributed by atoms with Crippen LogP contribution in [0, 0.1) is 17.8 Å². The van der Waals surface area contributed by atoms with Crippen LogP contribution in [-0.4, -0.2) is 63.8 Å². The van der Waals surface area contributed by atoms with Crippen LogP contribution < -0.4 is 16.2 Å². The third-order valence-corrected chi connectivity index (χ3v) is 9.55. The van der Waals surface area contributed by atoms with Crippen LogP contribution in [-0.2, 0) is 4.79 Å². The summed E-state index contributed by atoms with van der Waals surface area (Å²) >= 11 is 0. The summed E-state index contributed by atoms with van der Waals surface area (Å²) in [6.45, 7) is 3.10. The number of H-pyrrole nitrogens is 1. The number of amides is 1. The summed E-state index contributed by atoms with van der Waals surface area (Å²) in [6, 6.07) is 6.58. The smallest absolute Gasteiger partial charge is 0.248 e. The molecule has 1 aliphatic heterocycles. The molecular formula is C29H40N4O4. The number of nitrogens with one attached hydrogen (secondary N) is 3. The summed E-state index contributed by atoms with van der Waals surface area (Å²) in [7, 11) is 0. The van der Waals surface area contributed by atoms with Crippen LogP contribution in [0.25, 0.3) is 10.9 Å². The molecule has 0 unspecified atom stereocenters. The van der Waals surface area contributed by atoms with Gasteiger partial charge < -0.3 is 30.7 Å². The first-order valence-corrected chi connectivity index (χ1v) is 14.2. The number of hydrogen-bond donors (Lipinski definition) is 5. The van der Waals surface area contributed by atoms with E-state index in [0.29, 0.717) is 35.5 Å². The van der Waals surface area contributed by atoms with Gasteiger partial charge in [0.25, 0.3) is 0 Å². The van der Waals surface area contributed by atoms with Crippen LogP contribution in [0.2, 0.25) is 0 Å². The molecule has 5 fully saturated rings. The number of aromatic nitrogens is 1. The standard InChI is InChI=1S/C29H40N4O4/c34-24-3-1-22(23-2-4-26(36)31-28(23)24)25(35)17-30-21-5-8-33(9-6-21)10-7-27(37)32-29-14-18-11-19(15-29)13-20(12-18)16-29/h1-4,18-21,25,30,34-35H,5-17H2,(H,31,36)(H,32,37)/t18?,19?,20?,25-,29?/m1/s1. The Kier molecular flexibility index (Phi) is 6.75. The van der Waals surface area contributed by atoms with Crippen molar-refractivity contribution >= 4 is 16.8 Å².